The minimum atomic E-state index is 0. The van der Waals surface area contributed by atoms with Gasteiger partial charge in [-0.05, 0) is 52.0 Å². The van der Waals surface area contributed by atoms with Crippen LogP contribution in [-0.4, -0.2) is 41.8 Å². The standard InChI is InChI=1S/C24H37N5O.HI/c1-4-25-24(27-13-5-6-15-29-16-14-26-20(29)3)28-18-22-8-7-17-30-23(22)21-11-9-19(2)10-12-21;/h9-12,14,16,22-23H,4-8,13,15,17-18H2,1-3H3,(H2,25,27,28);1H. The van der Waals surface area contributed by atoms with E-state index in [-0.39, 0.29) is 30.1 Å². The molecule has 0 saturated carbocycles. The van der Waals surface area contributed by atoms with Gasteiger partial charge >= 0.3 is 0 Å². The van der Waals surface area contributed by atoms with Crippen LogP contribution >= 0.6 is 24.0 Å². The number of nitrogens with one attached hydrogen (secondary N) is 2. The van der Waals surface area contributed by atoms with Gasteiger partial charge in [-0.15, -0.1) is 24.0 Å². The normalized spacial score (nSPS) is 19.0. The SMILES string of the molecule is CCNC(=NCC1CCCOC1c1ccc(C)cc1)NCCCCn1ccnc1C.I. The van der Waals surface area contributed by atoms with E-state index in [0.717, 1.165) is 70.3 Å². The fraction of sp³-hybridized carbons (Fsp3) is 0.583. The van der Waals surface area contributed by atoms with Gasteiger partial charge in [0, 0.05) is 51.1 Å². The quantitative estimate of drug-likeness (QED) is 0.211. The molecule has 0 spiro atoms. The van der Waals surface area contributed by atoms with Gasteiger partial charge in [0.05, 0.1) is 6.10 Å². The molecule has 0 radical (unpaired) electrons. The summed E-state index contributed by atoms with van der Waals surface area (Å²) in [5, 5.41) is 6.87. The number of benzene rings is 1. The third-order valence-electron chi connectivity index (χ3n) is 5.72. The first-order valence-corrected chi connectivity index (χ1v) is 11.4. The summed E-state index contributed by atoms with van der Waals surface area (Å²) in [5.74, 6) is 2.40. The molecule has 0 bridgehead atoms. The molecule has 0 amide bonds. The Morgan fingerprint density at radius 3 is 2.71 bits per heavy atom. The highest BCUT2D eigenvalue weighted by molar-refractivity contribution is 14.0. The maximum atomic E-state index is 6.15. The molecule has 1 aromatic heterocycles. The average molecular weight is 540 g/mol. The van der Waals surface area contributed by atoms with Crippen LogP contribution in [-0.2, 0) is 11.3 Å². The van der Waals surface area contributed by atoms with Gasteiger partial charge in [-0.1, -0.05) is 29.8 Å². The lowest BCUT2D eigenvalue weighted by Gasteiger charge is -2.31. The van der Waals surface area contributed by atoms with Crippen LogP contribution in [0.25, 0.3) is 0 Å². The Kier molecular flexibility index (Phi) is 11.4. The van der Waals surface area contributed by atoms with Gasteiger partial charge < -0.3 is 19.9 Å². The molecule has 2 atom stereocenters. The third-order valence-corrected chi connectivity index (χ3v) is 5.72. The maximum absolute atomic E-state index is 6.15. The van der Waals surface area contributed by atoms with Crippen molar-refractivity contribution in [2.45, 2.75) is 59.1 Å². The first kappa shape index (κ1) is 25.6. The fourth-order valence-corrected chi connectivity index (χ4v) is 3.96. The number of hydrogen-bond donors (Lipinski definition) is 2. The lowest BCUT2D eigenvalue weighted by molar-refractivity contribution is -0.0250. The van der Waals surface area contributed by atoms with E-state index in [0.29, 0.717) is 5.92 Å². The summed E-state index contributed by atoms with van der Waals surface area (Å²) in [4.78, 5) is 9.17. The molecular weight excluding hydrogens is 501 g/mol. The first-order valence-electron chi connectivity index (χ1n) is 11.4. The molecule has 6 nitrogen and oxygen atoms in total. The molecule has 1 saturated heterocycles. The lowest BCUT2D eigenvalue weighted by Crippen LogP contribution is -2.38. The number of guanidine groups is 1. The largest absolute Gasteiger partial charge is 0.373 e. The topological polar surface area (TPSA) is 63.5 Å². The Bertz CT molecular complexity index is 790. The van der Waals surface area contributed by atoms with E-state index in [9.17, 15) is 0 Å². The van der Waals surface area contributed by atoms with Crippen LogP contribution in [0.15, 0.2) is 41.7 Å². The predicted octanol–water partition coefficient (Wildman–Crippen LogP) is 4.62. The van der Waals surface area contributed by atoms with Gasteiger partial charge in [-0.25, -0.2) is 4.98 Å². The number of aliphatic imine (C=N–C) groups is 1. The summed E-state index contributed by atoms with van der Waals surface area (Å²) in [6.07, 6.45) is 8.54. The number of unbranched alkanes of at least 4 members (excludes halogenated alkanes) is 1. The van der Waals surface area contributed by atoms with Crippen molar-refractivity contribution in [3.63, 3.8) is 0 Å². The molecule has 2 heterocycles. The van der Waals surface area contributed by atoms with E-state index >= 15 is 0 Å². The Balaban J connectivity index is 0.00000341. The van der Waals surface area contributed by atoms with Gasteiger partial charge in [0.25, 0.3) is 0 Å². The van der Waals surface area contributed by atoms with Gasteiger partial charge in [0.1, 0.15) is 5.82 Å². The number of nitrogens with zero attached hydrogens (tertiary/aromatic N) is 3. The molecule has 2 N–H and O–H groups in total. The number of rotatable bonds is 9. The third kappa shape index (κ3) is 8.11. The van der Waals surface area contributed by atoms with E-state index in [1.807, 2.05) is 19.3 Å². The van der Waals surface area contributed by atoms with Crippen LogP contribution in [0.3, 0.4) is 0 Å². The van der Waals surface area contributed by atoms with Crippen LogP contribution < -0.4 is 10.6 Å². The van der Waals surface area contributed by atoms with Crippen LogP contribution in [0, 0.1) is 19.8 Å². The van der Waals surface area contributed by atoms with Crippen molar-refractivity contribution in [2.24, 2.45) is 10.9 Å². The Morgan fingerprint density at radius 2 is 2.00 bits per heavy atom. The van der Waals surface area contributed by atoms with Crippen molar-refractivity contribution in [2.75, 3.05) is 26.2 Å². The monoisotopic (exact) mass is 539 g/mol. The number of ether oxygens (including phenoxy) is 1. The molecule has 1 aliphatic heterocycles. The van der Waals surface area contributed by atoms with Crippen molar-refractivity contribution < 1.29 is 4.74 Å². The zero-order valence-corrected chi connectivity index (χ0v) is 21.5. The molecule has 2 unspecified atom stereocenters. The molecule has 1 aliphatic rings. The Hall–Kier alpha value is -1.61. The summed E-state index contributed by atoms with van der Waals surface area (Å²) >= 11 is 0. The van der Waals surface area contributed by atoms with Crippen LogP contribution in [0.2, 0.25) is 0 Å². The van der Waals surface area contributed by atoms with Crippen molar-refractivity contribution in [3.8, 4) is 0 Å². The highest BCUT2D eigenvalue weighted by atomic mass is 127. The van der Waals surface area contributed by atoms with Crippen molar-refractivity contribution in [3.05, 3.63) is 53.6 Å². The molecule has 3 rings (SSSR count). The average Bonchev–Trinajstić information content (AvgIpc) is 3.17. The Labute approximate surface area is 204 Å². The number of aryl methyl sites for hydroxylation is 3. The summed E-state index contributed by atoms with van der Waals surface area (Å²) in [7, 11) is 0. The maximum Gasteiger partial charge on any atom is 0.191 e. The molecule has 172 valence electrons. The summed E-state index contributed by atoms with van der Waals surface area (Å²) in [6.45, 7) is 10.7. The minimum Gasteiger partial charge on any atom is -0.373 e. The number of imidazole rings is 1. The first-order chi connectivity index (χ1) is 14.7. The number of hydrogen-bond acceptors (Lipinski definition) is 3. The second-order valence-electron chi connectivity index (χ2n) is 8.13. The van der Waals surface area contributed by atoms with E-state index in [2.05, 4.69) is 58.3 Å². The fourth-order valence-electron chi connectivity index (χ4n) is 3.96. The van der Waals surface area contributed by atoms with Crippen molar-refractivity contribution in [1.29, 1.82) is 0 Å². The zero-order chi connectivity index (χ0) is 21.2. The molecule has 31 heavy (non-hydrogen) atoms. The molecular formula is C24H38IN5O. The van der Waals surface area contributed by atoms with E-state index in [1.165, 1.54) is 11.1 Å². The second kappa shape index (κ2) is 13.7. The summed E-state index contributed by atoms with van der Waals surface area (Å²) in [5.41, 5.74) is 2.55. The minimum absolute atomic E-state index is 0. The van der Waals surface area contributed by atoms with Gasteiger partial charge in [-0.3, -0.25) is 4.99 Å². The highest BCUT2D eigenvalue weighted by Crippen LogP contribution is 2.33. The zero-order valence-electron chi connectivity index (χ0n) is 19.1. The van der Waals surface area contributed by atoms with Gasteiger partial charge in [-0.2, -0.15) is 0 Å². The highest BCUT2D eigenvalue weighted by Gasteiger charge is 2.27. The van der Waals surface area contributed by atoms with Gasteiger partial charge in [0.2, 0.25) is 0 Å². The molecule has 7 heteroatoms. The van der Waals surface area contributed by atoms with Crippen LogP contribution in [0.1, 0.15) is 55.7 Å². The smallest absolute Gasteiger partial charge is 0.191 e. The lowest BCUT2D eigenvalue weighted by atomic mass is 9.89. The molecule has 0 aliphatic carbocycles. The summed E-state index contributed by atoms with van der Waals surface area (Å²) in [6, 6.07) is 8.75. The molecule has 2 aromatic rings. The van der Waals surface area contributed by atoms with Gasteiger partial charge in [0.15, 0.2) is 5.96 Å². The Morgan fingerprint density at radius 1 is 1.19 bits per heavy atom. The van der Waals surface area contributed by atoms with Crippen molar-refractivity contribution in [1.82, 2.24) is 20.2 Å². The predicted molar refractivity (Wildman–Crippen MR) is 138 cm³/mol. The number of aromatic nitrogens is 2. The van der Waals surface area contributed by atoms with E-state index < -0.39 is 0 Å². The number of halogens is 1. The van der Waals surface area contributed by atoms with Crippen molar-refractivity contribution >= 4 is 29.9 Å². The molecule has 1 aromatic carbocycles. The second-order valence-corrected chi connectivity index (χ2v) is 8.13. The molecule has 1 fully saturated rings. The van der Waals surface area contributed by atoms with Crippen LogP contribution in [0.4, 0.5) is 0 Å². The summed E-state index contributed by atoms with van der Waals surface area (Å²) < 4.78 is 8.35. The van der Waals surface area contributed by atoms with E-state index in [1.54, 1.807) is 0 Å². The van der Waals surface area contributed by atoms with Crippen LogP contribution in [0.5, 0.6) is 0 Å². The van der Waals surface area contributed by atoms with E-state index in [4.69, 9.17) is 9.73 Å².